The van der Waals surface area contributed by atoms with Crippen molar-refractivity contribution in [1.82, 2.24) is 19.5 Å². The van der Waals surface area contributed by atoms with Gasteiger partial charge in [-0.1, -0.05) is 176 Å². The zero-order chi connectivity index (χ0) is 36.6. The molecule has 0 fully saturated rings. The number of nitrogens with zero attached hydrogens (tertiary/aromatic N) is 4. The van der Waals surface area contributed by atoms with Crippen LogP contribution in [0.4, 0.5) is 0 Å². The van der Waals surface area contributed by atoms with E-state index in [0.29, 0.717) is 17.5 Å². The maximum absolute atomic E-state index is 5.05. The molecule has 0 aliphatic carbocycles. The van der Waals surface area contributed by atoms with Crippen molar-refractivity contribution in [3.05, 3.63) is 206 Å². The van der Waals surface area contributed by atoms with Crippen LogP contribution in [-0.4, -0.2) is 19.5 Å². The Morgan fingerprint density at radius 2 is 0.745 bits per heavy atom. The minimum atomic E-state index is 0.625. The first kappa shape index (κ1) is 32.2. The molecule has 0 unspecified atom stereocenters. The largest absolute Gasteiger partial charge is 0.309 e. The molecule has 0 bridgehead atoms. The van der Waals surface area contributed by atoms with Gasteiger partial charge in [0.05, 0.1) is 11.0 Å². The monoisotopic (exact) mass is 702 g/mol. The van der Waals surface area contributed by atoms with Crippen molar-refractivity contribution in [2.24, 2.45) is 0 Å². The lowest BCUT2D eigenvalue weighted by atomic mass is 9.93. The van der Waals surface area contributed by atoms with E-state index in [1.54, 1.807) is 0 Å². The molecule has 2 heterocycles. The minimum absolute atomic E-state index is 0.625. The van der Waals surface area contributed by atoms with Crippen molar-refractivity contribution < 1.29 is 0 Å². The Kier molecular flexibility index (Phi) is 8.12. The summed E-state index contributed by atoms with van der Waals surface area (Å²) in [4.78, 5) is 15.0. The molecule has 10 rings (SSSR count). The summed E-state index contributed by atoms with van der Waals surface area (Å²) in [6.07, 6.45) is 0. The predicted octanol–water partition coefficient (Wildman–Crippen LogP) is 13.0. The smallest absolute Gasteiger partial charge is 0.164 e. The molecule has 0 aliphatic heterocycles. The molecule has 8 aromatic carbocycles. The topological polar surface area (TPSA) is 43.6 Å². The Labute approximate surface area is 319 Å². The molecule has 0 spiro atoms. The van der Waals surface area contributed by atoms with Crippen LogP contribution in [0.1, 0.15) is 0 Å². The first-order valence-electron chi connectivity index (χ1n) is 18.5. The van der Waals surface area contributed by atoms with E-state index < -0.39 is 0 Å². The highest BCUT2D eigenvalue weighted by Gasteiger charge is 2.19. The van der Waals surface area contributed by atoms with Gasteiger partial charge < -0.3 is 4.57 Å². The second-order valence-corrected chi connectivity index (χ2v) is 13.7. The Morgan fingerprint density at radius 3 is 1.35 bits per heavy atom. The highest BCUT2D eigenvalue weighted by atomic mass is 15.0. The van der Waals surface area contributed by atoms with Gasteiger partial charge in [-0.3, -0.25) is 0 Å². The van der Waals surface area contributed by atoms with Crippen LogP contribution in [0.3, 0.4) is 0 Å². The average molecular weight is 703 g/mol. The van der Waals surface area contributed by atoms with Crippen LogP contribution >= 0.6 is 0 Å². The van der Waals surface area contributed by atoms with E-state index in [4.69, 9.17) is 15.0 Å². The van der Waals surface area contributed by atoms with Gasteiger partial charge in [0.25, 0.3) is 0 Å². The molecule has 2 aromatic heterocycles. The summed E-state index contributed by atoms with van der Waals surface area (Å²) in [6, 6.07) is 72.4. The van der Waals surface area contributed by atoms with E-state index in [0.717, 1.165) is 44.5 Å². The summed E-state index contributed by atoms with van der Waals surface area (Å²) in [5.74, 6) is 1.91. The van der Waals surface area contributed by atoms with E-state index in [1.165, 1.54) is 33.0 Å². The van der Waals surface area contributed by atoms with Crippen LogP contribution in [0, 0.1) is 0 Å². The molecule has 258 valence electrons. The van der Waals surface area contributed by atoms with Gasteiger partial charge in [0, 0.05) is 33.2 Å². The molecule has 0 saturated carbocycles. The molecular weight excluding hydrogens is 669 g/mol. The summed E-state index contributed by atoms with van der Waals surface area (Å²) in [5, 5.41) is 2.42. The van der Waals surface area contributed by atoms with Crippen molar-refractivity contribution in [1.29, 1.82) is 0 Å². The van der Waals surface area contributed by atoms with Gasteiger partial charge in [0.15, 0.2) is 17.5 Å². The number of hydrogen-bond donors (Lipinski definition) is 0. The fraction of sp³-hybridized carbons (Fsp3) is 0. The molecule has 0 aliphatic rings. The third-order valence-electron chi connectivity index (χ3n) is 10.2. The Morgan fingerprint density at radius 1 is 0.291 bits per heavy atom. The van der Waals surface area contributed by atoms with Gasteiger partial charge in [-0.05, 0) is 63.7 Å². The van der Waals surface area contributed by atoms with Gasteiger partial charge in [-0.25, -0.2) is 15.0 Å². The minimum Gasteiger partial charge on any atom is -0.309 e. The summed E-state index contributed by atoms with van der Waals surface area (Å²) in [7, 11) is 0. The first-order chi connectivity index (χ1) is 27.3. The fourth-order valence-electron chi connectivity index (χ4n) is 7.59. The molecule has 10 aromatic rings. The summed E-state index contributed by atoms with van der Waals surface area (Å²) in [5.41, 5.74) is 13.2. The fourth-order valence-corrected chi connectivity index (χ4v) is 7.59. The number of para-hydroxylation sites is 1. The molecule has 0 amide bonds. The molecule has 0 saturated heterocycles. The Balaban J connectivity index is 1.18. The van der Waals surface area contributed by atoms with E-state index in [-0.39, 0.29) is 0 Å². The molecule has 55 heavy (non-hydrogen) atoms. The van der Waals surface area contributed by atoms with Crippen LogP contribution in [-0.2, 0) is 0 Å². The highest BCUT2D eigenvalue weighted by molar-refractivity contribution is 6.17. The van der Waals surface area contributed by atoms with Crippen molar-refractivity contribution in [3.63, 3.8) is 0 Å². The second-order valence-electron chi connectivity index (χ2n) is 13.7. The maximum Gasteiger partial charge on any atom is 0.164 e. The van der Waals surface area contributed by atoms with Gasteiger partial charge in [-0.2, -0.15) is 0 Å². The normalized spacial score (nSPS) is 11.3. The predicted molar refractivity (Wildman–Crippen MR) is 227 cm³/mol. The van der Waals surface area contributed by atoms with E-state index >= 15 is 0 Å². The van der Waals surface area contributed by atoms with Gasteiger partial charge in [-0.15, -0.1) is 0 Å². The van der Waals surface area contributed by atoms with Crippen LogP contribution in [0.15, 0.2) is 206 Å². The Bertz CT molecular complexity index is 2880. The molecular formula is C51H34N4. The Hall–Kier alpha value is -7.43. The van der Waals surface area contributed by atoms with E-state index in [9.17, 15) is 0 Å². The van der Waals surface area contributed by atoms with Crippen molar-refractivity contribution in [2.45, 2.75) is 0 Å². The van der Waals surface area contributed by atoms with Crippen LogP contribution in [0.25, 0.3) is 95.0 Å². The molecule has 0 N–H and O–H groups in total. The summed E-state index contributed by atoms with van der Waals surface area (Å²) in [6.45, 7) is 0. The lowest BCUT2D eigenvalue weighted by molar-refractivity contribution is 1.07. The maximum atomic E-state index is 5.05. The third-order valence-corrected chi connectivity index (χ3v) is 10.2. The molecule has 4 heteroatoms. The van der Waals surface area contributed by atoms with Crippen molar-refractivity contribution in [2.75, 3.05) is 0 Å². The third kappa shape index (κ3) is 6.06. The lowest BCUT2D eigenvalue weighted by Crippen LogP contribution is -2.01. The zero-order valence-electron chi connectivity index (χ0n) is 29.9. The SMILES string of the molecule is c1ccc(-c2ccc(-c3cc(-c4ccccc4)c4c5ccccc5n(-c5cccc(-c6nc(-c7ccccc7)nc(-c7ccccc7)n6)c5)c4c3)cc2)cc1. The van der Waals surface area contributed by atoms with Gasteiger partial charge in [0.1, 0.15) is 0 Å². The summed E-state index contributed by atoms with van der Waals surface area (Å²) < 4.78 is 2.39. The van der Waals surface area contributed by atoms with Crippen LogP contribution < -0.4 is 0 Å². The van der Waals surface area contributed by atoms with Crippen LogP contribution in [0.2, 0.25) is 0 Å². The summed E-state index contributed by atoms with van der Waals surface area (Å²) >= 11 is 0. The molecule has 0 radical (unpaired) electrons. The number of hydrogen-bond acceptors (Lipinski definition) is 3. The molecule has 0 atom stereocenters. The molecule has 4 nitrogen and oxygen atoms in total. The van der Waals surface area contributed by atoms with Crippen molar-refractivity contribution in [3.8, 4) is 73.2 Å². The van der Waals surface area contributed by atoms with E-state index in [2.05, 4.69) is 150 Å². The number of rotatable bonds is 7. The average Bonchev–Trinajstić information content (AvgIpc) is 3.61. The lowest BCUT2D eigenvalue weighted by Gasteiger charge is -2.14. The standard InChI is InChI=1S/C51H34N4/c1-5-16-35(17-6-1)36-28-30-37(31-29-36)42-33-45(38-18-7-2-8-19-38)48-44-26-13-14-27-46(44)55(47(48)34-42)43-25-15-24-41(32-43)51-53-49(39-20-9-3-10-21-39)52-50(54-51)40-22-11-4-12-23-40/h1-34H. The number of benzene rings is 8. The first-order valence-corrected chi connectivity index (χ1v) is 18.5. The number of aromatic nitrogens is 4. The van der Waals surface area contributed by atoms with Crippen LogP contribution in [0.5, 0.6) is 0 Å². The highest BCUT2D eigenvalue weighted by Crippen LogP contribution is 2.42. The second kappa shape index (κ2) is 13.8. The van der Waals surface area contributed by atoms with Gasteiger partial charge in [0.2, 0.25) is 0 Å². The van der Waals surface area contributed by atoms with Crippen molar-refractivity contribution >= 4 is 21.8 Å². The quantitative estimate of drug-likeness (QED) is 0.166. The van der Waals surface area contributed by atoms with E-state index in [1.807, 2.05) is 60.7 Å². The van der Waals surface area contributed by atoms with Gasteiger partial charge >= 0.3 is 0 Å². The zero-order valence-corrected chi connectivity index (χ0v) is 29.9. The number of fused-ring (bicyclic) bond motifs is 3.